The quantitative estimate of drug-likeness (QED) is 0.845. The van der Waals surface area contributed by atoms with Crippen molar-refractivity contribution in [3.63, 3.8) is 0 Å². The van der Waals surface area contributed by atoms with Gasteiger partial charge in [0.2, 0.25) is 0 Å². The van der Waals surface area contributed by atoms with E-state index >= 15 is 0 Å². The zero-order valence-electron chi connectivity index (χ0n) is 14.4. The van der Waals surface area contributed by atoms with Gasteiger partial charge in [0.15, 0.2) is 6.61 Å². The molecule has 2 unspecified atom stereocenters. The predicted octanol–water partition coefficient (Wildman–Crippen LogP) is 2.78. The average Bonchev–Trinajstić information content (AvgIpc) is 2.49. The Balaban J connectivity index is 2.03. The summed E-state index contributed by atoms with van der Waals surface area (Å²) in [6.45, 7) is 5.14. The first-order valence-electron chi connectivity index (χ1n) is 7.86. The molecule has 0 radical (unpaired) electrons. The highest BCUT2D eigenvalue weighted by Crippen LogP contribution is 2.29. The van der Waals surface area contributed by atoms with Gasteiger partial charge in [-0.3, -0.25) is 9.69 Å². The van der Waals surface area contributed by atoms with Gasteiger partial charge >= 0.3 is 6.18 Å². The molecular weight excluding hydrogens is 321 g/mol. The maximum absolute atomic E-state index is 13.1. The van der Waals surface area contributed by atoms with Crippen molar-refractivity contribution < 1.29 is 22.7 Å². The number of alkyl halides is 3. The van der Waals surface area contributed by atoms with Crippen LogP contribution in [0.3, 0.4) is 0 Å². The van der Waals surface area contributed by atoms with Crippen molar-refractivity contribution >= 4 is 5.91 Å². The van der Waals surface area contributed by atoms with E-state index in [0.717, 1.165) is 11.1 Å². The molecule has 0 N–H and O–H groups in total. The van der Waals surface area contributed by atoms with Crippen LogP contribution in [0.15, 0.2) is 18.2 Å². The second-order valence-electron chi connectivity index (χ2n) is 6.36. The third-order valence-electron chi connectivity index (χ3n) is 4.70. The van der Waals surface area contributed by atoms with E-state index in [1.54, 1.807) is 13.0 Å². The fourth-order valence-corrected chi connectivity index (χ4v) is 2.82. The highest BCUT2D eigenvalue weighted by atomic mass is 19.4. The Morgan fingerprint density at radius 1 is 1.29 bits per heavy atom. The molecule has 1 aromatic carbocycles. The zero-order chi connectivity index (χ0) is 18.1. The third-order valence-corrected chi connectivity index (χ3v) is 4.70. The van der Waals surface area contributed by atoms with Crippen LogP contribution in [0.5, 0.6) is 5.75 Å². The van der Waals surface area contributed by atoms with Crippen molar-refractivity contribution in [1.29, 1.82) is 0 Å². The number of carbonyl (C=O) groups is 1. The summed E-state index contributed by atoms with van der Waals surface area (Å²) in [6, 6.07) is 3.49. The normalized spacial score (nSPS) is 22.5. The van der Waals surface area contributed by atoms with Gasteiger partial charge < -0.3 is 9.64 Å². The van der Waals surface area contributed by atoms with Crippen molar-refractivity contribution in [3.8, 4) is 5.75 Å². The fraction of sp³-hybridized carbons (Fsp3) is 0.588. The lowest BCUT2D eigenvalue weighted by Crippen LogP contribution is -2.62. The smallest absolute Gasteiger partial charge is 0.405 e. The van der Waals surface area contributed by atoms with Crippen LogP contribution >= 0.6 is 0 Å². The minimum Gasteiger partial charge on any atom is -0.483 e. The van der Waals surface area contributed by atoms with Crippen LogP contribution in [-0.4, -0.2) is 60.7 Å². The largest absolute Gasteiger partial charge is 0.483 e. The van der Waals surface area contributed by atoms with Gasteiger partial charge in [0.05, 0.1) is 0 Å². The first kappa shape index (κ1) is 18.6. The molecule has 0 aliphatic carbocycles. The zero-order valence-corrected chi connectivity index (χ0v) is 14.4. The molecule has 1 aliphatic heterocycles. The van der Waals surface area contributed by atoms with Gasteiger partial charge in [-0.1, -0.05) is 12.1 Å². The number of likely N-dealkylation sites (N-methyl/N-ethyl adjacent to an activating group) is 1. The lowest BCUT2D eigenvalue weighted by Gasteiger charge is -2.44. The monoisotopic (exact) mass is 344 g/mol. The van der Waals surface area contributed by atoms with Crippen LogP contribution in [0.2, 0.25) is 0 Å². The summed E-state index contributed by atoms with van der Waals surface area (Å²) in [7, 11) is 1.44. The van der Waals surface area contributed by atoms with Crippen LogP contribution in [0, 0.1) is 13.8 Å². The number of rotatable bonds is 3. The molecule has 7 heteroatoms. The van der Waals surface area contributed by atoms with Crippen molar-refractivity contribution in [2.45, 2.75) is 39.0 Å². The van der Waals surface area contributed by atoms with Gasteiger partial charge in [0, 0.05) is 19.1 Å². The van der Waals surface area contributed by atoms with E-state index in [-0.39, 0.29) is 25.7 Å². The standard InChI is InChI=1S/C17H23F3N2O2/c1-11-6-5-7-14(13(11)3)24-10-16(23)22-8-12(2)21(4)15(9-22)17(18,19)20/h5-7,12,15H,8-10H2,1-4H3. The summed E-state index contributed by atoms with van der Waals surface area (Å²) < 4.78 is 44.9. The number of carbonyl (C=O) groups excluding carboxylic acids is 1. The van der Waals surface area contributed by atoms with E-state index in [1.807, 2.05) is 26.0 Å². The summed E-state index contributed by atoms with van der Waals surface area (Å²) in [5.74, 6) is 0.156. The summed E-state index contributed by atoms with van der Waals surface area (Å²) >= 11 is 0. The van der Waals surface area contributed by atoms with Gasteiger partial charge in [-0.25, -0.2) is 0 Å². The molecule has 134 valence electrons. The summed E-state index contributed by atoms with van der Waals surface area (Å²) in [5.41, 5.74) is 1.95. The van der Waals surface area contributed by atoms with Crippen molar-refractivity contribution in [1.82, 2.24) is 9.80 Å². The van der Waals surface area contributed by atoms with Crippen LogP contribution in [-0.2, 0) is 4.79 Å². The minimum absolute atomic E-state index is 0.259. The number of hydrogen-bond acceptors (Lipinski definition) is 3. The first-order chi connectivity index (χ1) is 11.1. The molecule has 1 aliphatic rings. The SMILES string of the molecule is Cc1cccc(OCC(=O)N2CC(C)N(C)C(C(F)(F)F)C2)c1C. The van der Waals surface area contributed by atoms with Crippen LogP contribution in [0.4, 0.5) is 13.2 Å². The van der Waals surface area contributed by atoms with Crippen molar-refractivity contribution in [3.05, 3.63) is 29.3 Å². The molecule has 24 heavy (non-hydrogen) atoms. The number of aryl methyl sites for hydroxylation is 1. The van der Waals surface area contributed by atoms with E-state index in [2.05, 4.69) is 0 Å². The van der Waals surface area contributed by atoms with E-state index in [9.17, 15) is 18.0 Å². The highest BCUT2D eigenvalue weighted by Gasteiger charge is 2.47. The first-order valence-corrected chi connectivity index (χ1v) is 7.86. The van der Waals surface area contributed by atoms with E-state index in [4.69, 9.17) is 4.74 Å². The highest BCUT2D eigenvalue weighted by molar-refractivity contribution is 5.78. The molecule has 1 aromatic rings. The van der Waals surface area contributed by atoms with Gasteiger partial charge in [-0.15, -0.1) is 0 Å². The molecule has 1 amide bonds. The maximum atomic E-state index is 13.1. The van der Waals surface area contributed by atoms with E-state index < -0.39 is 18.1 Å². The summed E-state index contributed by atoms with van der Waals surface area (Å²) in [6.07, 6.45) is -4.37. The molecule has 1 heterocycles. The Hall–Kier alpha value is -1.76. The van der Waals surface area contributed by atoms with Crippen molar-refractivity contribution in [2.75, 3.05) is 26.7 Å². The Morgan fingerprint density at radius 2 is 1.96 bits per heavy atom. The number of hydrogen-bond donors (Lipinski definition) is 0. The number of benzene rings is 1. The second-order valence-corrected chi connectivity index (χ2v) is 6.36. The van der Waals surface area contributed by atoms with Gasteiger partial charge in [-0.2, -0.15) is 13.2 Å². The molecule has 0 spiro atoms. The molecule has 1 saturated heterocycles. The molecule has 0 aromatic heterocycles. The van der Waals surface area contributed by atoms with Crippen LogP contribution < -0.4 is 4.74 Å². The molecule has 2 atom stereocenters. The lowest BCUT2D eigenvalue weighted by atomic mass is 10.1. The molecule has 4 nitrogen and oxygen atoms in total. The molecule has 0 saturated carbocycles. The van der Waals surface area contributed by atoms with Gasteiger partial charge in [0.25, 0.3) is 5.91 Å². The van der Waals surface area contributed by atoms with Gasteiger partial charge in [-0.05, 0) is 45.0 Å². The number of piperazine rings is 1. The van der Waals surface area contributed by atoms with Crippen LogP contribution in [0.25, 0.3) is 0 Å². The number of halogens is 3. The van der Waals surface area contributed by atoms with E-state index in [1.165, 1.54) is 16.8 Å². The summed E-state index contributed by atoms with van der Waals surface area (Å²) in [5, 5.41) is 0. The Bertz CT molecular complexity index is 604. The molecular formula is C17H23F3N2O2. The fourth-order valence-electron chi connectivity index (χ4n) is 2.82. The number of nitrogens with zero attached hydrogens (tertiary/aromatic N) is 2. The molecule has 0 bridgehead atoms. The van der Waals surface area contributed by atoms with Crippen molar-refractivity contribution in [2.24, 2.45) is 0 Å². The Kier molecular flexibility index (Phi) is 5.42. The summed E-state index contributed by atoms with van der Waals surface area (Å²) in [4.78, 5) is 14.8. The third kappa shape index (κ3) is 4.01. The lowest BCUT2D eigenvalue weighted by molar-refractivity contribution is -0.201. The average molecular weight is 344 g/mol. The Labute approximate surface area is 140 Å². The maximum Gasteiger partial charge on any atom is 0.405 e. The molecule has 2 rings (SSSR count). The van der Waals surface area contributed by atoms with Gasteiger partial charge in [0.1, 0.15) is 11.8 Å². The number of amides is 1. The van der Waals surface area contributed by atoms with Crippen LogP contribution in [0.1, 0.15) is 18.1 Å². The second kappa shape index (κ2) is 7.01. The van der Waals surface area contributed by atoms with E-state index in [0.29, 0.717) is 5.75 Å². The topological polar surface area (TPSA) is 32.8 Å². The predicted molar refractivity (Wildman–Crippen MR) is 85.1 cm³/mol. The minimum atomic E-state index is -4.37. The molecule has 1 fully saturated rings. The Morgan fingerprint density at radius 3 is 2.58 bits per heavy atom. The number of ether oxygens (including phenoxy) is 1.